The van der Waals surface area contributed by atoms with Crippen molar-refractivity contribution in [2.24, 2.45) is 0 Å². The smallest absolute Gasteiger partial charge is 0.372 e. The van der Waals surface area contributed by atoms with E-state index >= 15 is 0 Å². The Morgan fingerprint density at radius 2 is 2.00 bits per heavy atom. The van der Waals surface area contributed by atoms with Crippen LogP contribution in [-0.2, 0) is 5.41 Å². The van der Waals surface area contributed by atoms with Gasteiger partial charge in [-0.05, 0) is 11.5 Å². The number of para-hydroxylation sites is 1. The van der Waals surface area contributed by atoms with Crippen LogP contribution in [0.25, 0.3) is 11.0 Å². The quantitative estimate of drug-likeness (QED) is 0.832. The van der Waals surface area contributed by atoms with E-state index in [1.807, 2.05) is 26.8 Å². The van der Waals surface area contributed by atoms with Gasteiger partial charge in [-0.25, -0.2) is 4.79 Å². The van der Waals surface area contributed by atoms with Crippen molar-refractivity contribution in [2.75, 3.05) is 0 Å². The van der Waals surface area contributed by atoms with E-state index in [2.05, 4.69) is 0 Å². The number of fused-ring (bicyclic) bond motifs is 1. The number of halogens is 1. The Balaban J connectivity index is 2.91. The second kappa shape index (κ2) is 3.77. The van der Waals surface area contributed by atoms with Crippen LogP contribution in [0.15, 0.2) is 22.6 Å². The number of aromatic carboxylic acids is 1. The Bertz CT molecular complexity index is 590. The minimum Gasteiger partial charge on any atom is -0.475 e. The molecule has 0 aliphatic heterocycles. The van der Waals surface area contributed by atoms with E-state index in [1.165, 1.54) is 0 Å². The highest BCUT2D eigenvalue weighted by atomic mass is 35.5. The molecule has 0 fully saturated rings. The summed E-state index contributed by atoms with van der Waals surface area (Å²) in [6.45, 7) is 5.85. The first-order chi connectivity index (χ1) is 7.82. The molecule has 1 heterocycles. The third kappa shape index (κ3) is 1.91. The van der Waals surface area contributed by atoms with E-state index in [0.29, 0.717) is 16.2 Å². The molecule has 4 heteroatoms. The maximum absolute atomic E-state index is 11.2. The summed E-state index contributed by atoms with van der Waals surface area (Å²) in [6.07, 6.45) is 0. The molecule has 0 atom stereocenters. The first-order valence-electron chi connectivity index (χ1n) is 5.27. The molecule has 0 bridgehead atoms. The van der Waals surface area contributed by atoms with E-state index in [0.717, 1.165) is 5.39 Å². The van der Waals surface area contributed by atoms with E-state index < -0.39 is 5.97 Å². The summed E-state index contributed by atoms with van der Waals surface area (Å²) in [5, 5.41) is 10.4. The lowest BCUT2D eigenvalue weighted by Gasteiger charge is -2.17. The third-order valence-corrected chi connectivity index (χ3v) is 2.91. The average molecular weight is 253 g/mol. The lowest BCUT2D eigenvalue weighted by atomic mass is 9.85. The van der Waals surface area contributed by atoms with Crippen LogP contribution in [0.1, 0.15) is 36.9 Å². The molecule has 0 unspecified atom stereocenters. The lowest BCUT2D eigenvalue weighted by Crippen LogP contribution is -2.15. The molecule has 0 amide bonds. The Labute approximate surface area is 104 Å². The zero-order valence-electron chi connectivity index (χ0n) is 9.87. The Morgan fingerprint density at radius 3 is 2.53 bits per heavy atom. The molecule has 0 aliphatic rings. The fraction of sp³-hybridized carbons (Fsp3) is 0.308. The molecule has 0 saturated heterocycles. The van der Waals surface area contributed by atoms with Crippen molar-refractivity contribution in [1.29, 1.82) is 0 Å². The number of benzene rings is 1. The van der Waals surface area contributed by atoms with Crippen LogP contribution in [0, 0.1) is 0 Å². The summed E-state index contributed by atoms with van der Waals surface area (Å²) in [4.78, 5) is 11.2. The number of rotatable bonds is 1. The summed E-state index contributed by atoms with van der Waals surface area (Å²) in [7, 11) is 0. The molecule has 90 valence electrons. The van der Waals surface area contributed by atoms with Gasteiger partial charge >= 0.3 is 5.97 Å². The van der Waals surface area contributed by atoms with Crippen molar-refractivity contribution in [3.8, 4) is 0 Å². The molecular formula is C13H13ClO3. The highest BCUT2D eigenvalue weighted by molar-refractivity contribution is 6.35. The lowest BCUT2D eigenvalue weighted by molar-refractivity contribution is 0.0661. The predicted octanol–water partition coefficient (Wildman–Crippen LogP) is 4.08. The molecule has 0 saturated carbocycles. The van der Waals surface area contributed by atoms with Gasteiger partial charge in [0, 0.05) is 10.9 Å². The van der Waals surface area contributed by atoms with Crippen molar-refractivity contribution in [2.45, 2.75) is 26.2 Å². The Morgan fingerprint density at radius 1 is 1.35 bits per heavy atom. The van der Waals surface area contributed by atoms with Crippen molar-refractivity contribution in [3.05, 3.63) is 34.5 Å². The van der Waals surface area contributed by atoms with Crippen LogP contribution in [0.3, 0.4) is 0 Å². The summed E-state index contributed by atoms with van der Waals surface area (Å²) >= 11 is 6.01. The summed E-state index contributed by atoms with van der Waals surface area (Å²) in [5.74, 6) is -1.09. The largest absolute Gasteiger partial charge is 0.475 e. The van der Waals surface area contributed by atoms with Crippen molar-refractivity contribution < 1.29 is 14.3 Å². The van der Waals surface area contributed by atoms with Gasteiger partial charge in [0.2, 0.25) is 5.76 Å². The maximum atomic E-state index is 11.2. The molecule has 3 nitrogen and oxygen atoms in total. The van der Waals surface area contributed by atoms with Crippen LogP contribution < -0.4 is 0 Å². The second-order valence-corrected chi connectivity index (χ2v) is 5.39. The maximum Gasteiger partial charge on any atom is 0.372 e. The average Bonchev–Trinajstić information content (AvgIpc) is 2.57. The summed E-state index contributed by atoms with van der Waals surface area (Å²) < 4.78 is 5.39. The molecule has 2 aromatic rings. The van der Waals surface area contributed by atoms with Crippen LogP contribution in [-0.4, -0.2) is 11.1 Å². The molecule has 1 N–H and O–H groups in total. The number of furan rings is 1. The summed E-state index contributed by atoms with van der Waals surface area (Å²) in [5.41, 5.74) is 0.808. The minimum absolute atomic E-state index is 0.0272. The molecule has 0 radical (unpaired) electrons. The molecule has 2 rings (SSSR count). The van der Waals surface area contributed by atoms with Gasteiger partial charge in [0.15, 0.2) is 5.58 Å². The molecule has 0 spiro atoms. The number of hydrogen-bond donors (Lipinski definition) is 1. The van der Waals surface area contributed by atoms with Crippen LogP contribution in [0.2, 0.25) is 5.02 Å². The van der Waals surface area contributed by atoms with E-state index in [-0.39, 0.29) is 11.2 Å². The highest BCUT2D eigenvalue weighted by Gasteiger charge is 2.29. The van der Waals surface area contributed by atoms with Crippen molar-refractivity contribution in [1.82, 2.24) is 0 Å². The molecular weight excluding hydrogens is 240 g/mol. The van der Waals surface area contributed by atoms with Gasteiger partial charge in [0.05, 0.1) is 5.02 Å². The van der Waals surface area contributed by atoms with Gasteiger partial charge in [0.25, 0.3) is 0 Å². The van der Waals surface area contributed by atoms with Crippen LogP contribution in [0.5, 0.6) is 0 Å². The SMILES string of the molecule is CC(C)(C)c1c(C(=O)O)oc2c(Cl)cccc12. The van der Waals surface area contributed by atoms with Gasteiger partial charge in [-0.15, -0.1) is 0 Å². The third-order valence-electron chi connectivity index (χ3n) is 2.61. The van der Waals surface area contributed by atoms with Crippen molar-refractivity contribution in [3.63, 3.8) is 0 Å². The summed E-state index contributed by atoms with van der Waals surface area (Å²) in [6, 6.07) is 5.31. The van der Waals surface area contributed by atoms with E-state index in [1.54, 1.807) is 12.1 Å². The van der Waals surface area contributed by atoms with Crippen LogP contribution in [0.4, 0.5) is 0 Å². The molecule has 1 aromatic heterocycles. The zero-order chi connectivity index (χ0) is 12.8. The van der Waals surface area contributed by atoms with Gasteiger partial charge in [-0.2, -0.15) is 0 Å². The molecule has 0 aliphatic carbocycles. The standard InChI is InChI=1S/C13H13ClO3/c1-13(2,3)9-7-5-4-6-8(14)10(7)17-11(9)12(15)16/h4-6H,1-3H3,(H,15,16). The van der Waals surface area contributed by atoms with E-state index in [4.69, 9.17) is 16.0 Å². The van der Waals surface area contributed by atoms with Gasteiger partial charge in [-0.1, -0.05) is 44.5 Å². The monoisotopic (exact) mass is 252 g/mol. The number of hydrogen-bond acceptors (Lipinski definition) is 2. The Kier molecular flexibility index (Phi) is 2.66. The highest BCUT2D eigenvalue weighted by Crippen LogP contribution is 2.38. The fourth-order valence-corrected chi connectivity index (χ4v) is 2.19. The van der Waals surface area contributed by atoms with Gasteiger partial charge in [0.1, 0.15) is 0 Å². The van der Waals surface area contributed by atoms with E-state index in [9.17, 15) is 9.90 Å². The first-order valence-corrected chi connectivity index (χ1v) is 5.65. The first kappa shape index (κ1) is 12.0. The number of carboxylic acids is 1. The molecule has 17 heavy (non-hydrogen) atoms. The number of carbonyl (C=O) groups is 1. The zero-order valence-corrected chi connectivity index (χ0v) is 10.6. The topological polar surface area (TPSA) is 50.4 Å². The van der Waals surface area contributed by atoms with Gasteiger partial charge < -0.3 is 9.52 Å². The van der Waals surface area contributed by atoms with Crippen LogP contribution >= 0.6 is 11.6 Å². The molecule has 1 aromatic carbocycles. The predicted molar refractivity (Wildman–Crippen MR) is 66.9 cm³/mol. The minimum atomic E-state index is -1.07. The fourth-order valence-electron chi connectivity index (χ4n) is 1.98. The van der Waals surface area contributed by atoms with Crippen molar-refractivity contribution >= 4 is 28.5 Å². The van der Waals surface area contributed by atoms with Gasteiger partial charge in [-0.3, -0.25) is 0 Å². The second-order valence-electron chi connectivity index (χ2n) is 4.98. The normalized spacial score (nSPS) is 12.0. The number of carboxylic acid groups (broad SMARTS) is 1. The Hall–Kier alpha value is -1.48.